The van der Waals surface area contributed by atoms with E-state index in [1.807, 2.05) is 167 Å². The van der Waals surface area contributed by atoms with Crippen molar-refractivity contribution in [3.05, 3.63) is 167 Å². The average Bonchev–Trinajstić information content (AvgIpc) is 1.79. The molecule has 2 aliphatic heterocycles. The van der Waals surface area contributed by atoms with Gasteiger partial charge in [-0.05, 0) is 185 Å². The molecule has 9 rings (SSSR count). The van der Waals surface area contributed by atoms with E-state index in [-0.39, 0.29) is 48.3 Å². The van der Waals surface area contributed by atoms with Crippen LogP contribution >= 0.6 is 8.34 Å². The average molecular weight is 1870 g/mol. The maximum atomic E-state index is 13.6. The third-order valence-electron chi connectivity index (χ3n) is 20.4. The maximum absolute atomic E-state index is 13.6. The number of likely N-dealkylation sites (N-methyl/N-ethyl adjacent to an activating group) is 4. The number of nitrogens with zero attached hydrogens (tertiary/aromatic N) is 5. The molecule has 3 amide bonds. The summed E-state index contributed by atoms with van der Waals surface area (Å²) in [6.07, 6.45) is -0.377. The number of morpholine rings is 2. The zero-order valence-electron chi connectivity index (χ0n) is 85.6. The summed E-state index contributed by atoms with van der Waals surface area (Å²) in [5.74, 6) is -4.40. The van der Waals surface area contributed by atoms with Crippen molar-refractivity contribution in [3.8, 4) is 0 Å². The quantitative estimate of drug-likeness (QED) is 0.0161. The summed E-state index contributed by atoms with van der Waals surface area (Å²) in [7, 11) is 8.84. The molecule has 31 nitrogen and oxygen atoms in total. The summed E-state index contributed by atoms with van der Waals surface area (Å²) in [5, 5.41) is 12.6. The zero-order chi connectivity index (χ0) is 102. The van der Waals surface area contributed by atoms with Crippen LogP contribution in [0.4, 0.5) is 25.8 Å². The first-order valence-corrected chi connectivity index (χ1v) is 45.4. The van der Waals surface area contributed by atoms with Crippen molar-refractivity contribution in [2.45, 2.75) is 275 Å². The summed E-state index contributed by atoms with van der Waals surface area (Å²) >= 11 is 0. The van der Waals surface area contributed by atoms with Gasteiger partial charge in [-0.2, -0.15) is 0 Å². The van der Waals surface area contributed by atoms with Crippen LogP contribution in [0.25, 0.3) is 0 Å². The Kier molecular flexibility index (Phi) is 48.7. The number of aliphatic carboxylic acids is 1. The molecule has 2 saturated carbocycles. The predicted molar refractivity (Wildman–Crippen MR) is 510 cm³/mol. The molecule has 0 aromatic heterocycles. The van der Waals surface area contributed by atoms with Crippen molar-refractivity contribution in [2.24, 2.45) is 23.7 Å². The van der Waals surface area contributed by atoms with Gasteiger partial charge in [0.05, 0.1) is 34.8 Å². The largest absolute Gasteiger partial charge is 0.478 e. The number of carboxylic acid groups (broad SMARTS) is 1. The number of ether oxygens (including phenoxy) is 12. The molecule has 8 atom stereocenters. The van der Waals surface area contributed by atoms with E-state index in [1.165, 1.54) is 64.5 Å². The van der Waals surface area contributed by atoms with Gasteiger partial charge >= 0.3 is 66.0 Å². The van der Waals surface area contributed by atoms with E-state index in [4.69, 9.17) is 62.6 Å². The SMILES string of the molecule is CC(C)C[C@@H](C(=O)O[C@H](C)C(=O)OCc1ccccc1)N(C)C(=O)OC(C)(C)C.CN(C(=O)OC(C)(C)C)[C@@H](CC1CC1)C(=O)O[C@H](Cc1ccc(N2CCOCC2)cc1)C(=O)O.CN(C(=O)OC(C)(C)C)[C@@H](CC1CC1)C(=O)O[C@H](Cc1ccc(N2CCOCC2)cc1)C(=O)OCc1ccccc1.CN[C@@H](CC(C)C)C(=O)O[C@H](C)C(=O)OCc1ccccc1.C[B]P=O.[2HH].[2H]C.[2H]C.[2H][2H]. The van der Waals surface area contributed by atoms with E-state index < -0.39 is 131 Å². The van der Waals surface area contributed by atoms with Crippen molar-refractivity contribution in [2.75, 3.05) is 90.6 Å². The Morgan fingerprint density at radius 3 is 1.07 bits per heavy atom. The summed E-state index contributed by atoms with van der Waals surface area (Å²) in [6.45, 7) is 36.3. The standard InChI is InChI=1S/C32H42N2O7.C25H36N2O7.C22H33NO6.C17H25NO4.CH3BOP.2CH4.2H2/c1-32(2,3)41-31(37)33(4)27(20-23-10-11-23)29(35)40-28(30(36)39-22-25-8-6-5-7-9-25)21-24-12-14-26(15-13-24)34-16-18-38-19-17-34;1-25(2,3)34-24(31)26(4)20(15-17-5-6-17)23(30)33-21(22(28)29)16-18-7-9-19(10-8-18)27-11-13-32-14-12-27;1-15(2)13-18(23(7)21(26)29-22(4,5)6)20(25)28-16(3)19(24)27-14-17-11-9-8-10-12-17;1-12(2)10-15(18-4)17(20)22-13(3)16(19)21-11-14-8-6-5-7-9-14;1-2-4-3;;;;/h5-9,12-15,23,27-28H,10-11,16-22H2,1-4H3;7-10,17,20-21H,5-6,11-16H2,1-4H3,(H,28,29);8-12,15-16,18H,13-14H2,1-7H3;5-9,12-13,15,18H,10-11H2,1-4H3;1H3;2*1H4;2*1H/t27-,28+;20-,21+;16-,18+;13-,15+;;;;;/m0011...../s1/i;;;;;2*1D;1+1D;1+1. The highest BCUT2D eigenvalue weighted by atomic mass is 31.1. The van der Waals surface area contributed by atoms with E-state index >= 15 is 0 Å². The number of carbonyl (C=O) groups is 11. The molecular weight excluding hydrogens is 1710 g/mol. The summed E-state index contributed by atoms with van der Waals surface area (Å²) in [5.41, 5.74) is 4.13. The number of benzene rings is 5. The molecule has 2 aliphatic carbocycles. The predicted octanol–water partition coefficient (Wildman–Crippen LogP) is 16.8. The number of nitrogens with one attached hydrogen (secondary N) is 1. The number of carboxylic acids is 1. The minimum absolute atomic E-state index is 0. The number of hydrogen-bond acceptors (Lipinski definition) is 27. The summed E-state index contributed by atoms with van der Waals surface area (Å²) < 4.78 is 95.5. The van der Waals surface area contributed by atoms with Gasteiger partial charge in [0.15, 0.2) is 12.2 Å². The number of esters is 7. The first kappa shape index (κ1) is 110. The summed E-state index contributed by atoms with van der Waals surface area (Å²) in [6, 6.07) is 40.3. The van der Waals surface area contributed by atoms with Crippen LogP contribution in [0.5, 0.6) is 0 Å². The molecule has 0 unspecified atom stereocenters. The molecule has 33 heteroatoms. The van der Waals surface area contributed by atoms with Crippen molar-refractivity contribution in [3.63, 3.8) is 0 Å². The van der Waals surface area contributed by atoms with Crippen LogP contribution in [0.1, 0.15) is 205 Å². The first-order chi connectivity index (χ1) is 64.4. The van der Waals surface area contributed by atoms with E-state index in [9.17, 15) is 62.4 Å². The van der Waals surface area contributed by atoms with Crippen molar-refractivity contribution in [1.29, 1.82) is 0 Å². The van der Waals surface area contributed by atoms with Gasteiger partial charge in [0.1, 0.15) is 60.8 Å². The molecule has 132 heavy (non-hydrogen) atoms. The second-order valence-electron chi connectivity index (χ2n) is 36.2. The number of carbonyl (C=O) groups excluding carboxylic acids is 10. The molecule has 0 bridgehead atoms. The van der Waals surface area contributed by atoms with Crippen molar-refractivity contribution >= 4 is 92.7 Å². The smallest absolute Gasteiger partial charge is 0.410 e. The van der Waals surface area contributed by atoms with Crippen LogP contribution in [-0.4, -0.2) is 239 Å². The van der Waals surface area contributed by atoms with E-state index in [0.29, 0.717) is 69.9 Å². The molecule has 0 spiro atoms. The molecule has 5 aromatic carbocycles. The molecular formula is C99H151BN6O25P. The van der Waals surface area contributed by atoms with Crippen LogP contribution in [0.2, 0.25) is 6.82 Å². The lowest BCUT2D eigenvalue weighted by atomic mass is 10.0. The Morgan fingerprint density at radius 1 is 0.462 bits per heavy atom. The summed E-state index contributed by atoms with van der Waals surface area (Å²) in [4.78, 5) is 146. The molecule has 735 valence electrons. The Labute approximate surface area is 792 Å². The normalized spacial score (nSPS) is 15.5. The Balaban J connectivity index is 0.000000899. The van der Waals surface area contributed by atoms with Gasteiger partial charge < -0.3 is 77.1 Å². The molecule has 2 N–H and O–H groups in total. The third kappa shape index (κ3) is 45.2. The van der Waals surface area contributed by atoms with Gasteiger partial charge in [-0.15, -0.1) is 0 Å². The van der Waals surface area contributed by atoms with Crippen LogP contribution in [0.15, 0.2) is 140 Å². The molecule has 2 saturated heterocycles. The van der Waals surface area contributed by atoms with Crippen LogP contribution in [0, 0.1) is 23.7 Å². The van der Waals surface area contributed by atoms with Gasteiger partial charge in [0.2, 0.25) is 19.2 Å². The highest BCUT2D eigenvalue weighted by molar-refractivity contribution is 7.60. The van der Waals surface area contributed by atoms with Gasteiger partial charge in [-0.25, -0.2) is 47.9 Å². The fraction of sp³-hybridized carbons (Fsp3) is 0.586. The van der Waals surface area contributed by atoms with Crippen molar-refractivity contribution in [1.82, 2.24) is 20.0 Å². The van der Waals surface area contributed by atoms with Crippen LogP contribution in [0.3, 0.4) is 0 Å². The maximum Gasteiger partial charge on any atom is 0.410 e. The monoisotopic (exact) mass is 1870 g/mol. The minimum Gasteiger partial charge on any atom is -0.478 e. The number of anilines is 2. The van der Waals surface area contributed by atoms with Crippen LogP contribution < -0.4 is 15.1 Å². The third-order valence-corrected chi connectivity index (χ3v) is 20.6. The minimum atomic E-state index is -1.35. The van der Waals surface area contributed by atoms with Gasteiger partial charge in [-0.3, -0.25) is 24.1 Å². The number of amides is 3. The van der Waals surface area contributed by atoms with Crippen LogP contribution in [-0.2, 0) is 132 Å². The molecule has 4 fully saturated rings. The number of hydrogen-bond donors (Lipinski definition) is 2. The van der Waals surface area contributed by atoms with E-state index in [1.54, 1.807) is 83.2 Å². The second kappa shape index (κ2) is 58.4. The second-order valence-corrected chi connectivity index (χ2v) is 36.9. The highest BCUT2D eigenvalue weighted by Gasteiger charge is 2.42. The highest BCUT2D eigenvalue weighted by Crippen LogP contribution is 2.37. The molecule has 1 radical (unpaired) electrons. The molecule has 4 aliphatic rings. The fourth-order valence-electron chi connectivity index (χ4n) is 12.9. The topological polar surface area (TPSA) is 364 Å². The number of rotatable bonds is 37. The van der Waals surface area contributed by atoms with Gasteiger partial charge in [0.25, 0.3) is 0 Å². The van der Waals surface area contributed by atoms with Gasteiger partial charge in [-0.1, -0.05) is 190 Å². The van der Waals surface area contributed by atoms with Gasteiger partial charge in [0, 0.05) is 78.7 Å². The lowest BCUT2D eigenvalue weighted by molar-refractivity contribution is -0.171. The van der Waals surface area contributed by atoms with E-state index in [2.05, 4.69) is 15.1 Å². The molecule has 5 aromatic rings. The van der Waals surface area contributed by atoms with E-state index in [0.717, 1.165) is 91.1 Å². The lowest BCUT2D eigenvalue weighted by Gasteiger charge is -2.30. The Morgan fingerprint density at radius 2 is 0.765 bits per heavy atom. The fourth-order valence-corrected chi connectivity index (χ4v) is 12.9. The molecule has 2 heterocycles. The zero-order valence-corrected chi connectivity index (χ0v) is 82.5. The Bertz CT molecular complexity index is 4340. The lowest BCUT2D eigenvalue weighted by Crippen LogP contribution is -2.47. The van der Waals surface area contributed by atoms with Crippen molar-refractivity contribution < 1.29 is 126 Å². The first-order valence-electron chi connectivity index (χ1n) is 47.5. The Hall–Kier alpha value is -10.7.